The van der Waals surface area contributed by atoms with E-state index in [4.69, 9.17) is 4.74 Å². The highest BCUT2D eigenvalue weighted by Gasteiger charge is 2.18. The van der Waals surface area contributed by atoms with Crippen LogP contribution in [-0.2, 0) is 6.61 Å². The number of nitrogens with zero attached hydrogens (tertiary/aromatic N) is 1. The second-order valence-corrected chi connectivity index (χ2v) is 6.39. The van der Waals surface area contributed by atoms with Crippen LogP contribution >= 0.6 is 0 Å². The summed E-state index contributed by atoms with van der Waals surface area (Å²) in [6.07, 6.45) is -0.790. The molecule has 1 heterocycles. The maximum absolute atomic E-state index is 10.2. The van der Waals surface area contributed by atoms with Crippen molar-refractivity contribution < 1.29 is 9.84 Å². The number of aliphatic hydroxyl groups is 1. The number of hydrogen-bond acceptors (Lipinski definition) is 4. The molecule has 4 heteroatoms. The average molecular weight is 300 g/mol. The van der Waals surface area contributed by atoms with Gasteiger partial charge in [0.15, 0.2) is 0 Å². The zero-order chi connectivity index (χ0) is 16.2. The molecule has 0 aliphatic carbocycles. The van der Waals surface area contributed by atoms with Crippen molar-refractivity contribution in [1.82, 2.24) is 10.3 Å². The summed E-state index contributed by atoms with van der Waals surface area (Å²) in [5, 5.41) is 13.3. The predicted molar refractivity (Wildman–Crippen MR) is 87.6 cm³/mol. The largest absolute Gasteiger partial charge is 0.487 e. The molecule has 0 saturated heterocycles. The molecule has 0 spiro atoms. The number of ether oxygens (including phenoxy) is 1. The van der Waals surface area contributed by atoms with E-state index >= 15 is 0 Å². The van der Waals surface area contributed by atoms with Gasteiger partial charge in [0, 0.05) is 5.54 Å². The van der Waals surface area contributed by atoms with Gasteiger partial charge in [-0.15, -0.1) is 0 Å². The fourth-order valence-corrected chi connectivity index (χ4v) is 2.09. The first kappa shape index (κ1) is 16.5. The van der Waals surface area contributed by atoms with E-state index in [1.807, 2.05) is 64.1 Å². The summed E-state index contributed by atoms with van der Waals surface area (Å²) in [4.78, 5) is 4.43. The third-order valence-corrected chi connectivity index (χ3v) is 3.15. The Morgan fingerprint density at radius 3 is 2.41 bits per heavy atom. The maximum Gasteiger partial charge on any atom is 0.148 e. The summed E-state index contributed by atoms with van der Waals surface area (Å²) in [7, 11) is 0. The Hall–Kier alpha value is -1.91. The van der Waals surface area contributed by atoms with Gasteiger partial charge in [-0.25, -0.2) is 0 Å². The quantitative estimate of drug-likeness (QED) is 0.832. The molecule has 2 aromatic rings. The Morgan fingerprint density at radius 1 is 1.14 bits per heavy atom. The van der Waals surface area contributed by atoms with Crippen molar-refractivity contribution in [1.29, 1.82) is 0 Å². The van der Waals surface area contributed by atoms with Crippen molar-refractivity contribution in [3.63, 3.8) is 0 Å². The molecule has 1 aromatic carbocycles. The van der Waals surface area contributed by atoms with E-state index in [1.54, 1.807) is 6.07 Å². The molecule has 0 fully saturated rings. The fraction of sp³-hybridized carbons (Fsp3) is 0.389. The van der Waals surface area contributed by atoms with Crippen LogP contribution in [0, 0.1) is 6.92 Å². The van der Waals surface area contributed by atoms with E-state index in [0.29, 0.717) is 12.3 Å². The van der Waals surface area contributed by atoms with E-state index in [-0.39, 0.29) is 5.54 Å². The van der Waals surface area contributed by atoms with Crippen LogP contribution < -0.4 is 10.1 Å². The molecule has 22 heavy (non-hydrogen) atoms. The zero-order valence-corrected chi connectivity index (χ0v) is 13.6. The molecular formula is C18H24N2O2. The first-order valence-electron chi connectivity index (χ1n) is 7.45. The number of rotatable bonds is 5. The molecule has 2 N–H and O–H groups in total. The van der Waals surface area contributed by atoms with Gasteiger partial charge in [-0.2, -0.15) is 0 Å². The summed E-state index contributed by atoms with van der Waals surface area (Å²) >= 11 is 0. The Balaban J connectivity index is 2.03. The molecule has 0 amide bonds. The molecule has 0 radical (unpaired) electrons. The summed E-state index contributed by atoms with van der Waals surface area (Å²) in [5.74, 6) is 0.732. The Kier molecular flexibility index (Phi) is 5.16. The SMILES string of the molecule is Cc1nc(C(O)NC(C)(C)C)ccc1OCc1ccccc1. The average Bonchev–Trinajstić information content (AvgIpc) is 2.45. The number of aromatic nitrogens is 1. The van der Waals surface area contributed by atoms with Gasteiger partial charge in [0.25, 0.3) is 0 Å². The highest BCUT2D eigenvalue weighted by atomic mass is 16.5. The van der Waals surface area contributed by atoms with Gasteiger partial charge < -0.3 is 9.84 Å². The van der Waals surface area contributed by atoms with E-state index in [2.05, 4.69) is 10.3 Å². The van der Waals surface area contributed by atoms with Gasteiger partial charge in [0.05, 0.1) is 11.4 Å². The molecule has 0 aliphatic rings. The Morgan fingerprint density at radius 2 is 1.82 bits per heavy atom. The first-order chi connectivity index (χ1) is 10.3. The Labute approximate surface area is 132 Å². The maximum atomic E-state index is 10.2. The second kappa shape index (κ2) is 6.90. The van der Waals surface area contributed by atoms with Crippen molar-refractivity contribution in [2.45, 2.75) is 46.1 Å². The molecule has 2 rings (SSSR count). The van der Waals surface area contributed by atoms with Gasteiger partial charge in [-0.3, -0.25) is 10.3 Å². The molecule has 4 nitrogen and oxygen atoms in total. The van der Waals surface area contributed by atoms with Gasteiger partial charge >= 0.3 is 0 Å². The monoisotopic (exact) mass is 300 g/mol. The summed E-state index contributed by atoms with van der Waals surface area (Å²) in [6.45, 7) is 8.39. The summed E-state index contributed by atoms with van der Waals surface area (Å²) < 4.78 is 5.79. The van der Waals surface area contributed by atoms with Crippen LogP contribution in [0.25, 0.3) is 0 Å². The number of aryl methyl sites for hydroxylation is 1. The van der Waals surface area contributed by atoms with Crippen molar-refractivity contribution in [2.24, 2.45) is 0 Å². The lowest BCUT2D eigenvalue weighted by Crippen LogP contribution is -2.39. The normalized spacial score (nSPS) is 13.0. The van der Waals surface area contributed by atoms with Crippen LogP contribution in [0.15, 0.2) is 42.5 Å². The van der Waals surface area contributed by atoms with E-state index in [1.165, 1.54) is 0 Å². The van der Waals surface area contributed by atoms with Gasteiger partial charge in [0.2, 0.25) is 0 Å². The molecule has 1 unspecified atom stereocenters. The standard InChI is InChI=1S/C18H24N2O2/c1-13-16(22-12-14-8-6-5-7-9-14)11-10-15(19-13)17(21)20-18(2,3)4/h5-11,17,20-21H,12H2,1-4H3. The molecule has 1 aromatic heterocycles. The zero-order valence-electron chi connectivity index (χ0n) is 13.6. The molecule has 0 bridgehead atoms. The van der Waals surface area contributed by atoms with Crippen molar-refractivity contribution in [2.75, 3.05) is 0 Å². The van der Waals surface area contributed by atoms with Crippen molar-refractivity contribution in [3.8, 4) is 5.75 Å². The van der Waals surface area contributed by atoms with Crippen LogP contribution in [0.1, 0.15) is 44.0 Å². The molecule has 0 aliphatic heterocycles. The Bertz CT molecular complexity index is 606. The molecule has 1 atom stereocenters. The number of nitrogens with one attached hydrogen (secondary N) is 1. The van der Waals surface area contributed by atoms with Crippen LogP contribution in [0.4, 0.5) is 0 Å². The van der Waals surface area contributed by atoms with Gasteiger partial charge in [-0.05, 0) is 45.4 Å². The van der Waals surface area contributed by atoms with Crippen molar-refractivity contribution >= 4 is 0 Å². The highest BCUT2D eigenvalue weighted by Crippen LogP contribution is 2.20. The predicted octanol–water partition coefficient (Wildman–Crippen LogP) is 3.35. The van der Waals surface area contributed by atoms with Gasteiger partial charge in [-0.1, -0.05) is 30.3 Å². The third-order valence-electron chi connectivity index (χ3n) is 3.15. The third kappa shape index (κ3) is 4.83. The van der Waals surface area contributed by atoms with Crippen LogP contribution in [0.5, 0.6) is 5.75 Å². The summed E-state index contributed by atoms with van der Waals surface area (Å²) in [5.41, 5.74) is 2.29. The van der Waals surface area contributed by atoms with Crippen LogP contribution in [0.3, 0.4) is 0 Å². The molecule has 118 valence electrons. The highest BCUT2D eigenvalue weighted by molar-refractivity contribution is 5.29. The minimum atomic E-state index is -0.790. The lowest BCUT2D eigenvalue weighted by Gasteiger charge is -2.25. The smallest absolute Gasteiger partial charge is 0.148 e. The second-order valence-electron chi connectivity index (χ2n) is 6.39. The van der Waals surface area contributed by atoms with E-state index in [0.717, 1.165) is 17.0 Å². The molecule has 0 saturated carbocycles. The first-order valence-corrected chi connectivity index (χ1v) is 7.45. The minimum Gasteiger partial charge on any atom is -0.487 e. The number of pyridine rings is 1. The van der Waals surface area contributed by atoms with Crippen molar-refractivity contribution in [3.05, 3.63) is 59.4 Å². The van der Waals surface area contributed by atoms with Crippen LogP contribution in [0.2, 0.25) is 0 Å². The minimum absolute atomic E-state index is 0.183. The van der Waals surface area contributed by atoms with E-state index in [9.17, 15) is 5.11 Å². The fourth-order valence-electron chi connectivity index (χ4n) is 2.09. The molecular weight excluding hydrogens is 276 g/mol. The lowest BCUT2D eigenvalue weighted by molar-refractivity contribution is 0.102. The number of aliphatic hydroxyl groups excluding tert-OH is 1. The van der Waals surface area contributed by atoms with Crippen LogP contribution in [-0.4, -0.2) is 15.6 Å². The van der Waals surface area contributed by atoms with Gasteiger partial charge in [0.1, 0.15) is 18.6 Å². The number of benzene rings is 1. The lowest BCUT2D eigenvalue weighted by atomic mass is 10.1. The van der Waals surface area contributed by atoms with E-state index < -0.39 is 6.23 Å². The topological polar surface area (TPSA) is 54.4 Å². The summed E-state index contributed by atoms with van der Waals surface area (Å²) in [6, 6.07) is 13.6. The number of hydrogen-bond donors (Lipinski definition) is 2.